The minimum atomic E-state index is -0.413. The van der Waals surface area contributed by atoms with Gasteiger partial charge >= 0.3 is 0 Å². The molecular weight excluding hydrogens is 264 g/mol. The fourth-order valence-corrected chi connectivity index (χ4v) is 1.69. The number of hydrogen-bond donors (Lipinski definition) is 1. The third kappa shape index (κ3) is 5.12. The van der Waals surface area contributed by atoms with E-state index in [1.54, 1.807) is 26.3 Å². The Morgan fingerprint density at radius 2 is 1.90 bits per heavy atom. The Bertz CT molecular complexity index is 425. The average Bonchev–Trinajstić information content (AvgIpc) is 2.45. The smallest absolute Gasteiger partial charge is 0.292 e. The second-order valence-corrected chi connectivity index (χ2v) is 3.98. The lowest BCUT2D eigenvalue weighted by molar-refractivity contribution is -0.384. The van der Waals surface area contributed by atoms with Crippen molar-refractivity contribution in [1.29, 1.82) is 0 Å². The fraction of sp³-hybridized carbons (Fsp3) is 0.538. The molecule has 1 rings (SSSR count). The summed E-state index contributed by atoms with van der Waals surface area (Å²) >= 11 is 0. The normalized spacial score (nSPS) is 10.5. The Morgan fingerprint density at radius 1 is 1.20 bits per heavy atom. The van der Waals surface area contributed by atoms with E-state index in [-0.39, 0.29) is 5.69 Å². The van der Waals surface area contributed by atoms with Gasteiger partial charge in [-0.05, 0) is 0 Å². The van der Waals surface area contributed by atoms with Crippen molar-refractivity contribution in [1.82, 2.24) is 0 Å². The van der Waals surface area contributed by atoms with E-state index in [1.807, 2.05) is 0 Å². The first-order valence-electron chi connectivity index (χ1n) is 6.29. The molecule has 0 spiro atoms. The van der Waals surface area contributed by atoms with Crippen molar-refractivity contribution < 1.29 is 19.1 Å². The lowest BCUT2D eigenvalue weighted by atomic mass is 10.1. The van der Waals surface area contributed by atoms with Crippen molar-refractivity contribution in [2.24, 2.45) is 0 Å². The first kappa shape index (κ1) is 16.4. The molecule has 0 aliphatic heterocycles. The predicted octanol–water partition coefficient (Wildman–Crippen LogP) is 1.82. The lowest BCUT2D eigenvalue weighted by Crippen LogP contribution is -2.09. The summed E-state index contributed by atoms with van der Waals surface area (Å²) in [6.07, 6.45) is 0. The van der Waals surface area contributed by atoms with Crippen LogP contribution in [0.4, 0.5) is 11.4 Å². The maximum absolute atomic E-state index is 10.9. The van der Waals surface area contributed by atoms with Crippen LogP contribution >= 0.6 is 0 Å². The molecule has 0 bridgehead atoms. The van der Waals surface area contributed by atoms with Gasteiger partial charge in [0.1, 0.15) is 5.69 Å². The van der Waals surface area contributed by atoms with Gasteiger partial charge in [-0.25, -0.2) is 0 Å². The Kier molecular flexibility index (Phi) is 7.56. The zero-order chi connectivity index (χ0) is 14.8. The molecule has 0 aromatic heterocycles. The van der Waals surface area contributed by atoms with E-state index < -0.39 is 4.92 Å². The summed E-state index contributed by atoms with van der Waals surface area (Å²) in [5.74, 6) is 0. The van der Waals surface area contributed by atoms with Crippen molar-refractivity contribution in [2.75, 3.05) is 45.9 Å². The van der Waals surface area contributed by atoms with Gasteiger partial charge in [0.25, 0.3) is 5.69 Å². The average molecular weight is 284 g/mol. The van der Waals surface area contributed by atoms with Crippen LogP contribution in [0.1, 0.15) is 5.56 Å². The van der Waals surface area contributed by atoms with Crippen LogP contribution in [0.2, 0.25) is 0 Å². The molecule has 20 heavy (non-hydrogen) atoms. The Morgan fingerprint density at radius 3 is 2.55 bits per heavy atom. The lowest BCUT2D eigenvalue weighted by Gasteiger charge is -2.10. The van der Waals surface area contributed by atoms with Crippen LogP contribution in [0, 0.1) is 10.1 Å². The van der Waals surface area contributed by atoms with E-state index in [2.05, 4.69) is 5.32 Å². The number of nitrogens with one attached hydrogen (secondary N) is 1. The highest BCUT2D eigenvalue weighted by Gasteiger charge is 2.15. The number of nitro groups is 1. The molecule has 1 aromatic carbocycles. The highest BCUT2D eigenvalue weighted by atomic mass is 16.6. The van der Waals surface area contributed by atoms with E-state index in [9.17, 15) is 10.1 Å². The van der Waals surface area contributed by atoms with Crippen LogP contribution in [0.15, 0.2) is 18.2 Å². The molecule has 112 valence electrons. The molecule has 0 radical (unpaired) electrons. The fourth-order valence-electron chi connectivity index (χ4n) is 1.69. The Balaban J connectivity index is 2.44. The molecule has 7 nitrogen and oxygen atoms in total. The zero-order valence-electron chi connectivity index (χ0n) is 11.8. The standard InChI is InChI=1S/C13H20N2O5/c1-14-13-11(4-3-5-12(13)15(16)17)10-20-9-8-19-7-6-18-2/h3-5,14H,6-10H2,1-2H3. The number of hydrogen-bond acceptors (Lipinski definition) is 6. The van der Waals surface area contributed by atoms with E-state index in [0.29, 0.717) is 38.7 Å². The quantitative estimate of drug-likeness (QED) is 0.401. The second kappa shape index (κ2) is 9.24. The number of nitro benzene ring substituents is 1. The van der Waals surface area contributed by atoms with Gasteiger partial charge in [-0.1, -0.05) is 12.1 Å². The SMILES string of the molecule is CNc1c(COCCOCCOC)cccc1[N+](=O)[O-]. The maximum Gasteiger partial charge on any atom is 0.292 e. The van der Waals surface area contributed by atoms with Gasteiger partial charge in [-0.15, -0.1) is 0 Å². The van der Waals surface area contributed by atoms with Crippen molar-refractivity contribution >= 4 is 11.4 Å². The largest absolute Gasteiger partial charge is 0.382 e. The van der Waals surface area contributed by atoms with E-state index in [1.165, 1.54) is 6.07 Å². The van der Waals surface area contributed by atoms with E-state index in [0.717, 1.165) is 5.56 Å². The third-order valence-corrected chi connectivity index (χ3v) is 2.64. The van der Waals surface area contributed by atoms with Crippen LogP contribution in [0.25, 0.3) is 0 Å². The van der Waals surface area contributed by atoms with Crippen LogP contribution in [-0.4, -0.2) is 45.5 Å². The van der Waals surface area contributed by atoms with Crippen molar-refractivity contribution in [2.45, 2.75) is 6.61 Å². The van der Waals surface area contributed by atoms with E-state index >= 15 is 0 Å². The van der Waals surface area contributed by atoms with Crippen LogP contribution < -0.4 is 5.32 Å². The van der Waals surface area contributed by atoms with Gasteiger partial charge in [0.05, 0.1) is 38.0 Å². The monoisotopic (exact) mass is 284 g/mol. The summed E-state index contributed by atoms with van der Waals surface area (Å²) in [4.78, 5) is 10.5. The number of nitrogens with zero attached hydrogens (tertiary/aromatic N) is 1. The van der Waals surface area contributed by atoms with Crippen molar-refractivity contribution in [3.63, 3.8) is 0 Å². The van der Waals surface area contributed by atoms with Crippen LogP contribution in [0.5, 0.6) is 0 Å². The second-order valence-electron chi connectivity index (χ2n) is 3.98. The molecule has 7 heteroatoms. The van der Waals surface area contributed by atoms with E-state index in [4.69, 9.17) is 14.2 Å². The highest BCUT2D eigenvalue weighted by Crippen LogP contribution is 2.28. The summed E-state index contributed by atoms with van der Waals surface area (Å²) in [6, 6.07) is 4.90. The van der Waals surface area contributed by atoms with Gasteiger partial charge in [0.15, 0.2) is 0 Å². The third-order valence-electron chi connectivity index (χ3n) is 2.64. The number of rotatable bonds is 10. The summed E-state index contributed by atoms with van der Waals surface area (Å²) in [5, 5.41) is 13.7. The van der Waals surface area contributed by atoms with Gasteiger partial charge in [0.2, 0.25) is 0 Å². The molecule has 0 saturated carbocycles. The minimum absolute atomic E-state index is 0.0462. The molecular formula is C13H20N2O5. The number of para-hydroxylation sites is 1. The number of anilines is 1. The van der Waals surface area contributed by atoms with Gasteiger partial charge < -0.3 is 19.5 Å². The molecule has 1 N–H and O–H groups in total. The first-order valence-corrected chi connectivity index (χ1v) is 6.29. The molecule has 0 atom stereocenters. The summed E-state index contributed by atoms with van der Waals surface area (Å²) in [5.41, 5.74) is 1.28. The number of methoxy groups -OCH3 is 1. The molecule has 0 aliphatic carbocycles. The molecule has 0 fully saturated rings. The number of ether oxygens (including phenoxy) is 3. The topological polar surface area (TPSA) is 82.9 Å². The van der Waals surface area contributed by atoms with Crippen molar-refractivity contribution in [3.8, 4) is 0 Å². The van der Waals surface area contributed by atoms with Gasteiger partial charge in [-0.3, -0.25) is 10.1 Å². The highest BCUT2D eigenvalue weighted by molar-refractivity contribution is 5.65. The molecule has 0 heterocycles. The first-order chi connectivity index (χ1) is 9.70. The molecule has 0 unspecified atom stereocenters. The maximum atomic E-state index is 10.9. The van der Waals surface area contributed by atoms with Crippen molar-refractivity contribution in [3.05, 3.63) is 33.9 Å². The molecule has 0 amide bonds. The summed E-state index contributed by atoms with van der Waals surface area (Å²) < 4.78 is 15.6. The van der Waals surface area contributed by atoms with Crippen LogP contribution in [-0.2, 0) is 20.8 Å². The zero-order valence-corrected chi connectivity index (χ0v) is 11.8. The van der Waals surface area contributed by atoms with Crippen LogP contribution in [0.3, 0.4) is 0 Å². The summed E-state index contributed by atoms with van der Waals surface area (Å²) in [7, 11) is 3.27. The van der Waals surface area contributed by atoms with Gasteiger partial charge in [-0.2, -0.15) is 0 Å². The Hall–Kier alpha value is -1.70. The summed E-state index contributed by atoms with van der Waals surface area (Å²) in [6.45, 7) is 2.27. The molecule has 1 aromatic rings. The predicted molar refractivity (Wildman–Crippen MR) is 75.0 cm³/mol. The molecule has 0 saturated heterocycles. The molecule has 0 aliphatic rings. The minimum Gasteiger partial charge on any atom is -0.382 e. The Labute approximate surface area is 118 Å². The number of benzene rings is 1. The van der Waals surface area contributed by atoms with Gasteiger partial charge in [0, 0.05) is 25.8 Å².